The molecule has 2 aromatic rings. The summed E-state index contributed by atoms with van der Waals surface area (Å²) in [6, 6.07) is 14.2. The first-order valence-corrected chi connectivity index (χ1v) is 7.25. The van der Waals surface area contributed by atoms with E-state index in [4.69, 9.17) is 16.3 Å². The van der Waals surface area contributed by atoms with Gasteiger partial charge in [-0.15, -0.1) is 0 Å². The second-order valence-corrected chi connectivity index (χ2v) is 5.20. The zero-order valence-corrected chi connectivity index (χ0v) is 12.9. The molecular weight excluding hydrogens is 270 g/mol. The molecule has 0 bridgehead atoms. The monoisotopic (exact) mass is 289 g/mol. The SMILES string of the molecule is CCc1ccc(Oc2ccc(C(C)NC)c(Cl)c2)cc1. The van der Waals surface area contributed by atoms with Crippen LogP contribution in [0.3, 0.4) is 0 Å². The van der Waals surface area contributed by atoms with Crippen LogP contribution in [0.2, 0.25) is 5.02 Å². The maximum atomic E-state index is 6.30. The standard InChI is InChI=1S/C17H20ClNO/c1-4-13-5-7-14(8-6-13)20-15-9-10-16(12(2)19-3)17(18)11-15/h5-12,19H,4H2,1-3H3. The van der Waals surface area contributed by atoms with Gasteiger partial charge >= 0.3 is 0 Å². The molecule has 2 aromatic carbocycles. The smallest absolute Gasteiger partial charge is 0.128 e. The Labute approximate surface area is 125 Å². The Hall–Kier alpha value is -1.51. The van der Waals surface area contributed by atoms with Gasteiger partial charge in [-0.25, -0.2) is 0 Å². The van der Waals surface area contributed by atoms with Gasteiger partial charge in [0.15, 0.2) is 0 Å². The molecule has 0 aliphatic carbocycles. The third-order valence-electron chi connectivity index (χ3n) is 3.44. The lowest BCUT2D eigenvalue weighted by Gasteiger charge is -2.14. The van der Waals surface area contributed by atoms with Crippen LogP contribution in [-0.2, 0) is 6.42 Å². The highest BCUT2D eigenvalue weighted by molar-refractivity contribution is 6.31. The van der Waals surface area contributed by atoms with E-state index in [1.807, 2.05) is 37.4 Å². The van der Waals surface area contributed by atoms with E-state index < -0.39 is 0 Å². The highest BCUT2D eigenvalue weighted by atomic mass is 35.5. The summed E-state index contributed by atoms with van der Waals surface area (Å²) in [5, 5.41) is 3.90. The third-order valence-corrected chi connectivity index (χ3v) is 3.77. The molecule has 0 aliphatic heterocycles. The van der Waals surface area contributed by atoms with Gasteiger partial charge in [-0.2, -0.15) is 0 Å². The highest BCUT2D eigenvalue weighted by Gasteiger charge is 2.09. The van der Waals surface area contributed by atoms with Gasteiger partial charge in [0.05, 0.1) is 0 Å². The van der Waals surface area contributed by atoms with Crippen molar-refractivity contribution in [2.24, 2.45) is 0 Å². The lowest BCUT2D eigenvalue weighted by molar-refractivity contribution is 0.482. The van der Waals surface area contributed by atoms with Gasteiger partial charge in [0.1, 0.15) is 11.5 Å². The van der Waals surface area contributed by atoms with Crippen LogP contribution in [0.5, 0.6) is 11.5 Å². The summed E-state index contributed by atoms with van der Waals surface area (Å²) in [6.45, 7) is 4.21. The van der Waals surface area contributed by atoms with Gasteiger partial charge in [-0.1, -0.05) is 36.7 Å². The zero-order chi connectivity index (χ0) is 14.5. The molecule has 0 saturated heterocycles. The number of ether oxygens (including phenoxy) is 1. The van der Waals surface area contributed by atoms with Crippen LogP contribution in [0, 0.1) is 0 Å². The molecule has 0 radical (unpaired) electrons. The summed E-state index contributed by atoms with van der Waals surface area (Å²) >= 11 is 6.30. The van der Waals surface area contributed by atoms with Gasteiger partial charge in [-0.05, 0) is 55.8 Å². The minimum atomic E-state index is 0.223. The van der Waals surface area contributed by atoms with Crippen LogP contribution >= 0.6 is 11.6 Å². The number of rotatable bonds is 5. The molecule has 0 spiro atoms. The first-order valence-electron chi connectivity index (χ1n) is 6.87. The van der Waals surface area contributed by atoms with E-state index in [1.165, 1.54) is 5.56 Å². The lowest BCUT2D eigenvalue weighted by atomic mass is 10.1. The molecular formula is C17H20ClNO. The van der Waals surface area contributed by atoms with Gasteiger partial charge in [-0.3, -0.25) is 0 Å². The lowest BCUT2D eigenvalue weighted by Crippen LogP contribution is -2.12. The number of hydrogen-bond acceptors (Lipinski definition) is 2. The van der Waals surface area contributed by atoms with E-state index in [1.54, 1.807) is 0 Å². The third kappa shape index (κ3) is 3.53. The molecule has 0 amide bonds. The number of aryl methyl sites for hydroxylation is 1. The summed E-state index contributed by atoms with van der Waals surface area (Å²) in [4.78, 5) is 0. The van der Waals surface area contributed by atoms with Gasteiger partial charge in [0, 0.05) is 11.1 Å². The maximum Gasteiger partial charge on any atom is 0.128 e. The molecule has 20 heavy (non-hydrogen) atoms. The Morgan fingerprint density at radius 2 is 1.75 bits per heavy atom. The van der Waals surface area contributed by atoms with Crippen molar-refractivity contribution in [2.75, 3.05) is 7.05 Å². The number of hydrogen-bond donors (Lipinski definition) is 1. The number of halogens is 1. The molecule has 0 aromatic heterocycles. The van der Waals surface area contributed by atoms with Crippen molar-refractivity contribution in [1.82, 2.24) is 5.32 Å². The summed E-state index contributed by atoms with van der Waals surface area (Å²) in [7, 11) is 1.92. The molecule has 1 atom stereocenters. The molecule has 0 aliphatic rings. The van der Waals surface area contributed by atoms with Crippen molar-refractivity contribution in [1.29, 1.82) is 0 Å². The second kappa shape index (κ2) is 6.78. The summed E-state index contributed by atoms with van der Waals surface area (Å²) in [5.74, 6) is 1.58. The fourth-order valence-corrected chi connectivity index (χ4v) is 2.34. The second-order valence-electron chi connectivity index (χ2n) is 4.79. The van der Waals surface area contributed by atoms with Crippen LogP contribution in [0.1, 0.15) is 31.0 Å². The van der Waals surface area contributed by atoms with Gasteiger partial charge in [0.2, 0.25) is 0 Å². The fourth-order valence-electron chi connectivity index (χ4n) is 2.01. The summed E-state index contributed by atoms with van der Waals surface area (Å²) < 4.78 is 5.82. The quantitative estimate of drug-likeness (QED) is 0.838. The predicted octanol–water partition coefficient (Wildman–Crippen LogP) is 4.98. The van der Waals surface area contributed by atoms with E-state index in [0.29, 0.717) is 0 Å². The fraction of sp³-hybridized carbons (Fsp3) is 0.294. The number of nitrogens with one attached hydrogen (secondary N) is 1. The van der Waals surface area contributed by atoms with Crippen molar-refractivity contribution in [3.05, 3.63) is 58.6 Å². The van der Waals surface area contributed by atoms with Crippen LogP contribution in [0.4, 0.5) is 0 Å². The molecule has 0 fully saturated rings. The molecule has 3 heteroatoms. The largest absolute Gasteiger partial charge is 0.457 e. The van der Waals surface area contributed by atoms with Crippen LogP contribution in [0.15, 0.2) is 42.5 Å². The minimum absolute atomic E-state index is 0.223. The normalized spacial score (nSPS) is 12.2. The van der Waals surface area contributed by atoms with Crippen LogP contribution in [0.25, 0.3) is 0 Å². The summed E-state index contributed by atoms with van der Waals surface area (Å²) in [6.07, 6.45) is 1.03. The zero-order valence-electron chi connectivity index (χ0n) is 12.1. The van der Waals surface area contributed by atoms with Gasteiger partial charge < -0.3 is 10.1 Å². The predicted molar refractivity (Wildman–Crippen MR) is 84.8 cm³/mol. The van der Waals surface area contributed by atoms with Crippen LogP contribution < -0.4 is 10.1 Å². The first-order chi connectivity index (χ1) is 9.63. The van der Waals surface area contributed by atoms with Crippen LogP contribution in [-0.4, -0.2) is 7.05 Å². The molecule has 106 valence electrons. The van der Waals surface area contributed by atoms with Crippen molar-refractivity contribution >= 4 is 11.6 Å². The average molecular weight is 290 g/mol. The molecule has 2 rings (SSSR count). The van der Waals surface area contributed by atoms with Crippen molar-refractivity contribution in [3.8, 4) is 11.5 Å². The minimum Gasteiger partial charge on any atom is -0.457 e. The Balaban J connectivity index is 2.15. The van der Waals surface area contributed by atoms with E-state index in [2.05, 4.69) is 31.3 Å². The molecule has 1 unspecified atom stereocenters. The maximum absolute atomic E-state index is 6.30. The topological polar surface area (TPSA) is 21.3 Å². The van der Waals surface area contributed by atoms with Crippen molar-refractivity contribution < 1.29 is 4.74 Å². The summed E-state index contributed by atoms with van der Waals surface area (Å²) in [5.41, 5.74) is 2.37. The Bertz CT molecular complexity index is 566. The van der Waals surface area contributed by atoms with Crippen molar-refractivity contribution in [2.45, 2.75) is 26.3 Å². The van der Waals surface area contributed by atoms with Crippen molar-refractivity contribution in [3.63, 3.8) is 0 Å². The number of benzene rings is 2. The highest BCUT2D eigenvalue weighted by Crippen LogP contribution is 2.29. The van der Waals surface area contributed by atoms with E-state index in [-0.39, 0.29) is 6.04 Å². The molecule has 1 N–H and O–H groups in total. The van der Waals surface area contributed by atoms with E-state index >= 15 is 0 Å². The van der Waals surface area contributed by atoms with E-state index in [0.717, 1.165) is 28.5 Å². The Morgan fingerprint density at radius 1 is 1.10 bits per heavy atom. The van der Waals surface area contributed by atoms with E-state index in [9.17, 15) is 0 Å². The molecule has 2 nitrogen and oxygen atoms in total. The Kier molecular flexibility index (Phi) is 5.05. The Morgan fingerprint density at radius 3 is 2.30 bits per heavy atom. The average Bonchev–Trinajstić information content (AvgIpc) is 2.47. The first kappa shape index (κ1) is 14.9. The molecule has 0 saturated carbocycles. The molecule has 0 heterocycles. The van der Waals surface area contributed by atoms with Gasteiger partial charge in [0.25, 0.3) is 0 Å².